The van der Waals surface area contributed by atoms with Gasteiger partial charge >= 0.3 is 5.69 Å². The third kappa shape index (κ3) is 5.36. The number of nitrogens with zero attached hydrogens (tertiary/aromatic N) is 5. The van der Waals surface area contributed by atoms with Gasteiger partial charge in [0.15, 0.2) is 0 Å². The molecular weight excluding hydrogens is 515 g/mol. The zero-order valence-electron chi connectivity index (χ0n) is 21.2. The zero-order valence-corrected chi connectivity index (χ0v) is 22.8. The van der Waals surface area contributed by atoms with Crippen molar-refractivity contribution in [1.29, 1.82) is 0 Å². The Kier molecular flexibility index (Phi) is 7.89. The molecule has 1 aliphatic rings. The summed E-state index contributed by atoms with van der Waals surface area (Å²) in [7, 11) is 1.64. The molecule has 9 nitrogen and oxygen atoms in total. The Balaban J connectivity index is 0.00000320. The predicted octanol–water partition coefficient (Wildman–Crippen LogP) is 2.92. The fourth-order valence-corrected chi connectivity index (χ4v) is 5.24. The van der Waals surface area contributed by atoms with Crippen LogP contribution in [0.1, 0.15) is 29.2 Å². The van der Waals surface area contributed by atoms with Gasteiger partial charge in [-0.15, -0.1) is 12.4 Å². The first-order valence-corrected chi connectivity index (χ1v) is 12.3. The lowest BCUT2D eigenvalue weighted by Gasteiger charge is -2.30. The molecular formula is C26H30Cl2N6O3. The first-order chi connectivity index (χ1) is 17.2. The molecule has 1 saturated heterocycles. The van der Waals surface area contributed by atoms with Crippen LogP contribution in [0.5, 0.6) is 0 Å². The number of hydrogen-bond acceptors (Lipinski definition) is 6. The topological polar surface area (TPSA) is 95.5 Å². The quantitative estimate of drug-likeness (QED) is 0.415. The third-order valence-corrected chi connectivity index (χ3v) is 6.88. The van der Waals surface area contributed by atoms with E-state index in [2.05, 4.69) is 22.3 Å². The summed E-state index contributed by atoms with van der Waals surface area (Å²) in [5.74, 6) is 0. The van der Waals surface area contributed by atoms with Gasteiger partial charge in [0.05, 0.1) is 30.0 Å². The minimum absolute atomic E-state index is 0. The number of aryl methyl sites for hydroxylation is 3. The number of nitrogens with one attached hydrogen (secondary N) is 1. The van der Waals surface area contributed by atoms with Gasteiger partial charge in [-0.25, -0.2) is 14.3 Å². The highest BCUT2D eigenvalue weighted by Gasteiger charge is 2.23. The number of fused-ring (bicyclic) bond motifs is 1. The smallest absolute Gasteiger partial charge is 0.331 e. The van der Waals surface area contributed by atoms with Gasteiger partial charge in [0.1, 0.15) is 6.33 Å². The zero-order chi connectivity index (χ0) is 25.6. The van der Waals surface area contributed by atoms with E-state index in [4.69, 9.17) is 16.3 Å². The van der Waals surface area contributed by atoms with E-state index >= 15 is 0 Å². The number of ether oxygens (including phenoxy) is 1. The van der Waals surface area contributed by atoms with Crippen molar-refractivity contribution in [1.82, 2.24) is 29.0 Å². The minimum Gasteiger partial charge on any atom is -0.372 e. The van der Waals surface area contributed by atoms with Crippen molar-refractivity contribution < 1.29 is 4.74 Å². The average Bonchev–Trinajstić information content (AvgIpc) is 3.25. The Hall–Kier alpha value is -2.98. The summed E-state index contributed by atoms with van der Waals surface area (Å²) in [6, 6.07) is 5.81. The molecule has 0 spiro atoms. The fraction of sp³-hybridized carbons (Fsp3) is 0.385. The highest BCUT2D eigenvalue weighted by atomic mass is 35.5. The lowest BCUT2D eigenvalue weighted by atomic mass is 9.93. The van der Waals surface area contributed by atoms with Crippen molar-refractivity contribution in [2.24, 2.45) is 7.05 Å². The molecule has 0 bridgehead atoms. The van der Waals surface area contributed by atoms with E-state index in [-0.39, 0.29) is 42.4 Å². The van der Waals surface area contributed by atoms with Gasteiger partial charge < -0.3 is 14.6 Å². The van der Waals surface area contributed by atoms with Gasteiger partial charge in [0.25, 0.3) is 5.56 Å². The molecule has 1 aliphatic heterocycles. The molecule has 37 heavy (non-hydrogen) atoms. The van der Waals surface area contributed by atoms with Gasteiger partial charge in [-0.2, -0.15) is 5.10 Å². The Labute approximate surface area is 225 Å². The average molecular weight is 545 g/mol. The van der Waals surface area contributed by atoms with Gasteiger partial charge in [0.2, 0.25) is 0 Å². The molecule has 1 unspecified atom stereocenters. The van der Waals surface area contributed by atoms with Gasteiger partial charge in [-0.1, -0.05) is 11.6 Å². The summed E-state index contributed by atoms with van der Waals surface area (Å²) in [6.07, 6.45) is 5.78. The van der Waals surface area contributed by atoms with Crippen molar-refractivity contribution in [3.8, 4) is 11.3 Å². The van der Waals surface area contributed by atoms with Crippen molar-refractivity contribution in [2.75, 3.05) is 13.1 Å². The van der Waals surface area contributed by atoms with Crippen LogP contribution in [-0.2, 0) is 24.8 Å². The van der Waals surface area contributed by atoms with Crippen LogP contribution in [0.25, 0.3) is 16.8 Å². The number of rotatable bonds is 5. The molecule has 3 aromatic heterocycles. The Morgan fingerprint density at radius 2 is 1.92 bits per heavy atom. The number of hydrogen-bond donors (Lipinski definition) is 1. The van der Waals surface area contributed by atoms with Gasteiger partial charge in [-0.05, 0) is 55.7 Å². The van der Waals surface area contributed by atoms with E-state index in [1.54, 1.807) is 24.7 Å². The van der Waals surface area contributed by atoms with E-state index < -0.39 is 0 Å². The van der Waals surface area contributed by atoms with E-state index in [0.717, 1.165) is 46.6 Å². The van der Waals surface area contributed by atoms with Crippen LogP contribution in [-0.4, -0.2) is 49.0 Å². The number of halogens is 2. The normalized spacial score (nSPS) is 17.6. The van der Waals surface area contributed by atoms with Gasteiger partial charge in [0, 0.05) is 55.1 Å². The lowest BCUT2D eigenvalue weighted by Crippen LogP contribution is -2.44. The van der Waals surface area contributed by atoms with E-state index in [9.17, 15) is 9.59 Å². The first-order valence-electron chi connectivity index (χ1n) is 12.0. The number of benzene rings is 1. The van der Waals surface area contributed by atoms with Crippen molar-refractivity contribution in [3.05, 3.63) is 85.0 Å². The van der Waals surface area contributed by atoms with Gasteiger partial charge in [-0.3, -0.25) is 9.36 Å². The van der Waals surface area contributed by atoms with Crippen molar-refractivity contribution in [3.63, 3.8) is 0 Å². The van der Waals surface area contributed by atoms with Crippen LogP contribution >= 0.6 is 24.0 Å². The van der Waals surface area contributed by atoms with Crippen molar-refractivity contribution in [2.45, 2.75) is 45.9 Å². The summed E-state index contributed by atoms with van der Waals surface area (Å²) < 4.78 is 10.5. The van der Waals surface area contributed by atoms with Crippen LogP contribution in [0.2, 0.25) is 5.02 Å². The molecule has 0 aliphatic carbocycles. The summed E-state index contributed by atoms with van der Waals surface area (Å²) in [5.41, 5.74) is 5.22. The molecule has 196 valence electrons. The predicted molar refractivity (Wildman–Crippen MR) is 146 cm³/mol. The Morgan fingerprint density at radius 1 is 1.14 bits per heavy atom. The van der Waals surface area contributed by atoms with Crippen LogP contribution in [0.15, 0.2) is 46.5 Å². The lowest BCUT2D eigenvalue weighted by molar-refractivity contribution is -0.0262. The molecule has 0 amide bonds. The maximum atomic E-state index is 12.7. The summed E-state index contributed by atoms with van der Waals surface area (Å²) in [5, 5.41) is 8.43. The van der Waals surface area contributed by atoms with Crippen LogP contribution in [0.4, 0.5) is 0 Å². The van der Waals surface area contributed by atoms with Crippen LogP contribution in [0.3, 0.4) is 0 Å². The molecule has 1 aromatic carbocycles. The monoisotopic (exact) mass is 544 g/mol. The molecule has 11 heteroatoms. The van der Waals surface area contributed by atoms with E-state index in [1.807, 2.05) is 31.3 Å². The molecule has 5 rings (SSSR count). The molecule has 2 atom stereocenters. The van der Waals surface area contributed by atoms with Crippen LogP contribution < -0.4 is 16.6 Å². The SMILES string of the molecule is Cc1cc(Cl)cc(-c2ncnn3cc(Cn4c(=O)c(C)cn(C)c4=O)cc23)c1CC1CNC[C@H](C)O1.Cl. The maximum absolute atomic E-state index is 12.7. The Morgan fingerprint density at radius 3 is 2.68 bits per heavy atom. The molecule has 0 saturated carbocycles. The Bertz CT molecular complexity index is 1540. The largest absolute Gasteiger partial charge is 0.372 e. The highest BCUT2D eigenvalue weighted by Crippen LogP contribution is 2.33. The minimum atomic E-state index is -0.366. The number of aromatic nitrogens is 5. The molecule has 0 radical (unpaired) electrons. The number of morpholine rings is 1. The summed E-state index contributed by atoms with van der Waals surface area (Å²) >= 11 is 6.50. The third-order valence-electron chi connectivity index (χ3n) is 6.66. The molecule has 4 aromatic rings. The van der Waals surface area contributed by atoms with Crippen molar-refractivity contribution >= 4 is 29.5 Å². The van der Waals surface area contributed by atoms with E-state index in [1.165, 1.54) is 15.5 Å². The second-order valence-corrected chi connectivity index (χ2v) is 10.0. The van der Waals surface area contributed by atoms with E-state index in [0.29, 0.717) is 17.0 Å². The first kappa shape index (κ1) is 27.1. The second-order valence-electron chi connectivity index (χ2n) is 9.56. The molecule has 1 fully saturated rings. The fourth-order valence-electron chi connectivity index (χ4n) is 4.97. The second kappa shape index (κ2) is 10.8. The summed E-state index contributed by atoms with van der Waals surface area (Å²) in [6.45, 7) is 7.57. The summed E-state index contributed by atoms with van der Waals surface area (Å²) in [4.78, 5) is 29.9. The van der Waals surface area contributed by atoms with Crippen LogP contribution in [0, 0.1) is 13.8 Å². The standard InChI is InChI=1S/C26H29ClN6O3.ClH/c1-15-5-19(27)7-22(21(15)8-20-10-28-9-17(3)36-20)24-23-6-18(13-33(23)30-14-29-24)12-32-25(34)16(2)11-31(4)26(32)35;/h5-7,11,13-14,17,20,28H,8-10,12H2,1-4H3;1H/t17-,20?;/m0./s1. The molecule has 1 N–H and O–H groups in total. The highest BCUT2D eigenvalue weighted by molar-refractivity contribution is 6.31. The maximum Gasteiger partial charge on any atom is 0.331 e. The molecule has 4 heterocycles.